The first-order chi connectivity index (χ1) is 47.5. The smallest absolute Gasteiger partial charge is 0.248 e. The van der Waals surface area contributed by atoms with Crippen LogP contribution in [0, 0.1) is 29.1 Å². The lowest BCUT2D eigenvalue weighted by Crippen LogP contribution is -2.61. The average molecular weight is 1410 g/mol. The number of carbonyl (C=O) groups excluding carboxylic acids is 12. The van der Waals surface area contributed by atoms with E-state index in [9.17, 15) is 43.5 Å². The van der Waals surface area contributed by atoms with Gasteiger partial charge in [0.05, 0.1) is 31.7 Å². The molecule has 101 heavy (non-hydrogen) atoms. The zero-order valence-corrected chi connectivity index (χ0v) is 63.4. The predicted molar refractivity (Wildman–Crippen MR) is 387 cm³/mol. The van der Waals surface area contributed by atoms with Crippen molar-refractivity contribution in [2.75, 3.05) is 61.0 Å². The number of aliphatic hydroxyl groups is 1. The number of ether oxygens (including phenoxy) is 1. The number of ketones is 1. The third-order valence-corrected chi connectivity index (χ3v) is 19.0. The lowest BCUT2D eigenvalue weighted by Gasteiger charge is -2.36. The number of benzene rings is 2. The standard InChI is InChI=1S/C76H121N11O14/c1-18-20-37-87-47-65(91)82(14)51(9)68(93)79-56(34-36-76(11,12)13)71(96)84(16)61(43-50(7)8)67(92)54(35-40-101-55-32-26-22-27-33-55)45-63(89)78-59(74(99)86-38-28-23-29-39-86)46-64(90)77-57(41-48(3)4)72(97)85(17)62(44-53-30-24-21-25-31-53)70(95)80-58(42-49(5)6)73(98)83(15)60(19-2)69(94)81-66(52(10)88)75(87)100/h21-22,24-27,30-33,48-52,54,56-62,66,88H,18-20,23,28-29,34-47H2,1-17H3,(H,77,90)(H,78,89)(H,79,93)(H,80,95)(H,81,94)/t51-,52+,54?,56-,57+,58-,59-,60-,61-,62-,66-/m0/s1. The summed E-state index contributed by atoms with van der Waals surface area (Å²) >= 11 is 0. The van der Waals surface area contributed by atoms with Crippen LogP contribution in [-0.2, 0) is 64.0 Å². The maximum Gasteiger partial charge on any atom is 0.248 e. The molecule has 1 unspecified atom stereocenters. The number of nitrogens with one attached hydrogen (secondary N) is 5. The molecular formula is C76H121N11O14. The lowest BCUT2D eigenvalue weighted by molar-refractivity contribution is -0.148. The number of likely N-dealkylation sites (N-methyl/N-ethyl adjacent to an activating group) is 4. The van der Waals surface area contributed by atoms with Crippen LogP contribution in [0.5, 0.6) is 5.75 Å². The minimum atomic E-state index is -1.63. The molecule has 2 fully saturated rings. The number of nitrogens with zero attached hydrogens (tertiary/aromatic N) is 6. The van der Waals surface area contributed by atoms with Crippen molar-refractivity contribution in [1.82, 2.24) is 56.0 Å². The van der Waals surface area contributed by atoms with Gasteiger partial charge in [-0.1, -0.05) is 131 Å². The molecule has 0 radical (unpaired) electrons. The predicted octanol–water partition coefficient (Wildman–Crippen LogP) is 5.83. The van der Waals surface area contributed by atoms with Crippen molar-refractivity contribution in [2.24, 2.45) is 29.1 Å². The van der Waals surface area contributed by atoms with Crippen LogP contribution in [0.1, 0.15) is 185 Å². The van der Waals surface area contributed by atoms with Gasteiger partial charge in [0.1, 0.15) is 54.1 Å². The zero-order chi connectivity index (χ0) is 75.6. The molecule has 2 saturated heterocycles. The van der Waals surface area contributed by atoms with Gasteiger partial charge in [0.2, 0.25) is 65.0 Å². The van der Waals surface area contributed by atoms with Crippen LogP contribution >= 0.6 is 0 Å². The minimum Gasteiger partial charge on any atom is -0.494 e. The van der Waals surface area contributed by atoms with Gasteiger partial charge in [-0.2, -0.15) is 0 Å². The van der Waals surface area contributed by atoms with Crippen molar-refractivity contribution in [3.63, 3.8) is 0 Å². The first-order valence-electron chi connectivity index (χ1n) is 36.6. The average Bonchev–Trinajstić information content (AvgIpc) is 0.838. The topological polar surface area (TPSA) is 314 Å². The van der Waals surface area contributed by atoms with Crippen molar-refractivity contribution in [1.29, 1.82) is 0 Å². The summed E-state index contributed by atoms with van der Waals surface area (Å²) in [6, 6.07) is 5.92. The molecule has 2 aromatic carbocycles. The second-order valence-corrected chi connectivity index (χ2v) is 30.2. The monoisotopic (exact) mass is 1410 g/mol. The summed E-state index contributed by atoms with van der Waals surface area (Å²) in [5.74, 6) is -9.53. The van der Waals surface area contributed by atoms with E-state index in [0.29, 0.717) is 56.5 Å². The fourth-order valence-electron chi connectivity index (χ4n) is 12.8. The number of amides is 11. The molecule has 0 saturated carbocycles. The molecule has 0 bridgehead atoms. The molecule has 11 amide bonds. The third-order valence-electron chi connectivity index (χ3n) is 19.0. The summed E-state index contributed by atoms with van der Waals surface area (Å²) in [5.41, 5.74) is 0.310. The number of aliphatic hydroxyl groups excluding tert-OH is 1. The van der Waals surface area contributed by atoms with Gasteiger partial charge in [0, 0.05) is 66.6 Å². The van der Waals surface area contributed by atoms with Crippen LogP contribution in [0.4, 0.5) is 0 Å². The van der Waals surface area contributed by atoms with E-state index in [4.69, 9.17) is 4.74 Å². The van der Waals surface area contributed by atoms with Gasteiger partial charge in [-0.25, -0.2) is 0 Å². The highest BCUT2D eigenvalue weighted by Gasteiger charge is 2.43. The molecule has 0 aliphatic carbocycles. The molecule has 2 aromatic rings. The third kappa shape index (κ3) is 27.1. The Labute approximate surface area is 600 Å². The molecule has 11 atom stereocenters. The van der Waals surface area contributed by atoms with Gasteiger partial charge >= 0.3 is 0 Å². The maximum atomic E-state index is 15.6. The molecule has 25 heteroatoms. The number of hydrogen-bond donors (Lipinski definition) is 6. The van der Waals surface area contributed by atoms with E-state index in [0.717, 1.165) is 11.3 Å². The highest BCUT2D eigenvalue weighted by Crippen LogP contribution is 2.27. The molecule has 2 aliphatic heterocycles. The van der Waals surface area contributed by atoms with Gasteiger partial charge in [0.25, 0.3) is 0 Å². The number of rotatable bonds is 20. The molecule has 6 N–H and O–H groups in total. The summed E-state index contributed by atoms with van der Waals surface area (Å²) in [5, 5.41) is 25.4. The molecule has 0 spiro atoms. The van der Waals surface area contributed by atoms with E-state index < -0.39 is 157 Å². The summed E-state index contributed by atoms with van der Waals surface area (Å²) in [4.78, 5) is 187. The first-order valence-corrected chi connectivity index (χ1v) is 36.6. The molecule has 25 nitrogen and oxygen atoms in total. The van der Waals surface area contributed by atoms with Crippen molar-refractivity contribution >= 4 is 70.8 Å². The number of para-hydroxylation sites is 1. The molecule has 0 aromatic heterocycles. The molecular weight excluding hydrogens is 1290 g/mol. The Morgan fingerprint density at radius 1 is 0.584 bits per heavy atom. The number of Topliss-reactive ketones (excluding diaryl/α,β-unsaturated/α-hetero) is 1. The van der Waals surface area contributed by atoms with Gasteiger partial charge in [-0.05, 0) is 125 Å². The van der Waals surface area contributed by atoms with Crippen molar-refractivity contribution < 1.29 is 67.4 Å². The Morgan fingerprint density at radius 2 is 1.10 bits per heavy atom. The maximum absolute atomic E-state index is 15.6. The van der Waals surface area contributed by atoms with Crippen LogP contribution in [0.25, 0.3) is 0 Å². The van der Waals surface area contributed by atoms with E-state index in [1.807, 2.05) is 75.3 Å². The lowest BCUT2D eigenvalue weighted by atomic mass is 9.86. The van der Waals surface area contributed by atoms with Gasteiger partial charge in [0.15, 0.2) is 5.78 Å². The van der Waals surface area contributed by atoms with E-state index in [2.05, 4.69) is 26.6 Å². The number of unbranched alkanes of at least 4 members (excludes halogenated alkanes) is 1. The molecule has 564 valence electrons. The first kappa shape index (κ1) is 85.5. The van der Waals surface area contributed by atoms with Crippen molar-refractivity contribution in [3.05, 3.63) is 66.2 Å². The molecule has 4 rings (SSSR count). The van der Waals surface area contributed by atoms with Crippen LogP contribution in [0.15, 0.2) is 60.7 Å². The Morgan fingerprint density at radius 3 is 1.64 bits per heavy atom. The second-order valence-electron chi connectivity index (χ2n) is 30.2. The Balaban J connectivity index is 1.96. The Hall–Kier alpha value is -7.96. The fraction of sp³-hybridized carbons (Fsp3) is 0.684. The quantitative estimate of drug-likeness (QED) is 0.0910. The van der Waals surface area contributed by atoms with Crippen LogP contribution in [0.3, 0.4) is 0 Å². The van der Waals surface area contributed by atoms with E-state index in [1.54, 1.807) is 66.4 Å². The van der Waals surface area contributed by atoms with Crippen LogP contribution < -0.4 is 31.3 Å². The summed E-state index contributed by atoms with van der Waals surface area (Å²) in [6.07, 6.45) is 1.33. The number of hydrogen-bond acceptors (Lipinski definition) is 14. The second kappa shape index (κ2) is 41.2. The summed E-state index contributed by atoms with van der Waals surface area (Å²) < 4.78 is 6.12. The summed E-state index contributed by atoms with van der Waals surface area (Å²) in [6.45, 7) is 23.5. The SMILES string of the molecule is CCCCN1CC(=O)N(C)[C@@H](C)C(=O)N[C@@H](CCC(C)(C)C)C(=O)N(C)[C@@H](CC(C)C)C(=O)C(CCOc2ccccc2)CC(=O)N[C@H](C(=O)N2CCCCC2)CC(=O)N[C@H](CC(C)C)C(=O)N(C)[C@@H](Cc2ccccc2)C(=O)N[C@@H](CC(C)C)C(=O)N(C)[C@@H](CC)C(=O)N[C@@H]([C@@H](C)O)C1=O. The van der Waals surface area contributed by atoms with E-state index in [1.165, 1.54) is 61.6 Å². The van der Waals surface area contributed by atoms with E-state index >= 15 is 19.2 Å². The van der Waals surface area contributed by atoms with Crippen LogP contribution in [0.2, 0.25) is 0 Å². The number of carbonyl (C=O) groups is 12. The van der Waals surface area contributed by atoms with E-state index in [-0.39, 0.29) is 81.3 Å². The van der Waals surface area contributed by atoms with Gasteiger partial charge in [-0.15, -0.1) is 0 Å². The van der Waals surface area contributed by atoms with Gasteiger partial charge < -0.3 is 65.8 Å². The van der Waals surface area contributed by atoms with Crippen molar-refractivity contribution in [2.45, 2.75) is 247 Å². The molecule has 2 heterocycles. The summed E-state index contributed by atoms with van der Waals surface area (Å²) in [7, 11) is 5.67. The molecule has 2 aliphatic rings. The number of piperidine rings is 1. The highest BCUT2D eigenvalue weighted by molar-refractivity contribution is 6.00. The van der Waals surface area contributed by atoms with Crippen LogP contribution in [-0.4, -0.2) is 227 Å². The highest BCUT2D eigenvalue weighted by atomic mass is 16.5. The Bertz CT molecular complexity index is 3060. The largest absolute Gasteiger partial charge is 0.494 e. The normalized spacial score (nSPS) is 24.9. The Kier molecular flexibility index (Phi) is 34.9. The zero-order valence-electron chi connectivity index (χ0n) is 63.4. The number of likely N-dealkylation sites (tertiary alicyclic amines) is 1. The minimum absolute atomic E-state index is 0.0102. The van der Waals surface area contributed by atoms with Crippen molar-refractivity contribution in [3.8, 4) is 5.75 Å². The van der Waals surface area contributed by atoms with Gasteiger partial charge in [-0.3, -0.25) is 57.5 Å². The fourth-order valence-corrected chi connectivity index (χ4v) is 12.8.